The van der Waals surface area contributed by atoms with Crippen LogP contribution in [0.5, 0.6) is 0 Å². The van der Waals surface area contributed by atoms with Crippen molar-refractivity contribution in [3.8, 4) is 0 Å². The summed E-state index contributed by atoms with van der Waals surface area (Å²) >= 11 is 4.93. The maximum Gasteiger partial charge on any atom is 0.124 e. The van der Waals surface area contributed by atoms with Gasteiger partial charge in [-0.3, -0.25) is 0 Å². The molecule has 4 nitrogen and oxygen atoms in total. The van der Waals surface area contributed by atoms with Crippen molar-refractivity contribution < 1.29 is 4.39 Å². The predicted octanol–water partition coefficient (Wildman–Crippen LogP) is 2.16. The van der Waals surface area contributed by atoms with Crippen LogP contribution in [0.2, 0.25) is 0 Å². The first-order chi connectivity index (χ1) is 9.06. The predicted molar refractivity (Wildman–Crippen MR) is 77.6 cm³/mol. The van der Waals surface area contributed by atoms with Gasteiger partial charge in [0.1, 0.15) is 10.8 Å². The van der Waals surface area contributed by atoms with Crippen LogP contribution in [0.15, 0.2) is 36.9 Å². The van der Waals surface area contributed by atoms with Gasteiger partial charge in [0.2, 0.25) is 0 Å². The minimum Gasteiger partial charge on any atom is -0.389 e. The Bertz CT molecular complexity index is 568. The molecule has 0 amide bonds. The van der Waals surface area contributed by atoms with E-state index in [2.05, 4.69) is 10.3 Å². The van der Waals surface area contributed by atoms with E-state index in [1.54, 1.807) is 18.6 Å². The Balaban J connectivity index is 2.12. The van der Waals surface area contributed by atoms with Crippen LogP contribution < -0.4 is 11.1 Å². The number of thiocarbonyl (C=S) groups is 1. The van der Waals surface area contributed by atoms with Gasteiger partial charge in [-0.2, -0.15) is 0 Å². The van der Waals surface area contributed by atoms with Crippen molar-refractivity contribution in [2.75, 3.05) is 5.32 Å². The summed E-state index contributed by atoms with van der Waals surface area (Å²) in [6, 6.07) is 4.50. The number of hydrogen-bond acceptors (Lipinski definition) is 3. The third-order valence-electron chi connectivity index (χ3n) is 2.69. The van der Waals surface area contributed by atoms with Gasteiger partial charge in [-0.25, -0.2) is 9.37 Å². The number of anilines is 1. The molecular weight excluding hydrogens is 263 g/mol. The largest absolute Gasteiger partial charge is 0.389 e. The second kappa shape index (κ2) is 5.79. The van der Waals surface area contributed by atoms with Gasteiger partial charge in [-0.15, -0.1) is 0 Å². The van der Waals surface area contributed by atoms with Crippen molar-refractivity contribution in [2.24, 2.45) is 5.73 Å². The fraction of sp³-hybridized carbons (Fsp3) is 0.231. The average Bonchev–Trinajstić information content (AvgIpc) is 2.83. The van der Waals surface area contributed by atoms with Gasteiger partial charge in [-0.05, 0) is 25.1 Å². The van der Waals surface area contributed by atoms with Gasteiger partial charge in [-0.1, -0.05) is 12.2 Å². The van der Waals surface area contributed by atoms with Gasteiger partial charge in [0, 0.05) is 36.2 Å². The van der Waals surface area contributed by atoms with Crippen LogP contribution in [-0.4, -0.2) is 20.6 Å². The highest BCUT2D eigenvalue weighted by Crippen LogP contribution is 2.18. The fourth-order valence-corrected chi connectivity index (χ4v) is 2.04. The lowest BCUT2D eigenvalue weighted by atomic mass is 10.1. The van der Waals surface area contributed by atoms with Crippen molar-refractivity contribution in [1.29, 1.82) is 0 Å². The van der Waals surface area contributed by atoms with E-state index in [-0.39, 0.29) is 16.8 Å². The Labute approximate surface area is 116 Å². The molecule has 2 aromatic rings. The maximum atomic E-state index is 13.2. The molecule has 100 valence electrons. The van der Waals surface area contributed by atoms with Crippen molar-refractivity contribution in [2.45, 2.75) is 19.5 Å². The summed E-state index contributed by atoms with van der Waals surface area (Å²) in [5.74, 6) is -0.351. The number of benzene rings is 1. The fourth-order valence-electron chi connectivity index (χ4n) is 1.87. The third-order valence-corrected chi connectivity index (χ3v) is 2.91. The number of nitrogens with zero attached hydrogens (tertiary/aromatic N) is 2. The molecule has 0 saturated carbocycles. The van der Waals surface area contributed by atoms with Crippen LogP contribution in [-0.2, 0) is 6.54 Å². The number of imidazole rings is 1. The number of nitrogens with two attached hydrogens (primary N) is 1. The Kier molecular flexibility index (Phi) is 4.11. The third kappa shape index (κ3) is 3.51. The van der Waals surface area contributed by atoms with Gasteiger partial charge in [0.05, 0.1) is 6.33 Å². The smallest absolute Gasteiger partial charge is 0.124 e. The van der Waals surface area contributed by atoms with Gasteiger partial charge in [0.15, 0.2) is 0 Å². The summed E-state index contributed by atoms with van der Waals surface area (Å²) < 4.78 is 15.2. The highest BCUT2D eigenvalue weighted by molar-refractivity contribution is 7.80. The molecule has 0 aliphatic carbocycles. The van der Waals surface area contributed by atoms with Crippen LogP contribution in [0.1, 0.15) is 12.5 Å². The van der Waals surface area contributed by atoms with Crippen LogP contribution in [0.25, 0.3) is 0 Å². The number of rotatable bonds is 5. The molecule has 3 N–H and O–H groups in total. The second-order valence-electron chi connectivity index (χ2n) is 4.36. The van der Waals surface area contributed by atoms with E-state index in [1.165, 1.54) is 12.1 Å². The first-order valence-corrected chi connectivity index (χ1v) is 6.28. The molecule has 1 atom stereocenters. The molecule has 1 aromatic carbocycles. The molecule has 1 aromatic heterocycles. The molecule has 1 heterocycles. The zero-order chi connectivity index (χ0) is 13.8. The van der Waals surface area contributed by atoms with E-state index in [9.17, 15) is 4.39 Å². The number of aromatic nitrogens is 2. The molecule has 2 rings (SSSR count). The zero-order valence-electron chi connectivity index (χ0n) is 10.5. The zero-order valence-corrected chi connectivity index (χ0v) is 11.3. The minimum absolute atomic E-state index is 0.132. The molecule has 0 radical (unpaired) electrons. The highest BCUT2D eigenvalue weighted by atomic mass is 32.1. The molecule has 0 spiro atoms. The first-order valence-electron chi connectivity index (χ1n) is 5.88. The lowest BCUT2D eigenvalue weighted by molar-refractivity contribution is 0.616. The Morgan fingerprint density at radius 3 is 3.00 bits per heavy atom. The number of hydrogen-bond donors (Lipinski definition) is 2. The summed E-state index contributed by atoms with van der Waals surface area (Å²) in [7, 11) is 0. The average molecular weight is 278 g/mol. The van der Waals surface area contributed by atoms with Crippen LogP contribution in [0.4, 0.5) is 10.1 Å². The first kappa shape index (κ1) is 13.5. The van der Waals surface area contributed by atoms with Gasteiger partial charge < -0.3 is 15.6 Å². The van der Waals surface area contributed by atoms with E-state index in [1.807, 2.05) is 17.7 Å². The van der Waals surface area contributed by atoms with E-state index in [4.69, 9.17) is 18.0 Å². The Hall–Kier alpha value is -1.95. The summed E-state index contributed by atoms with van der Waals surface area (Å²) in [6.07, 6.45) is 5.36. The topological polar surface area (TPSA) is 55.9 Å². The lowest BCUT2D eigenvalue weighted by Crippen LogP contribution is -2.23. The molecule has 0 aliphatic heterocycles. The van der Waals surface area contributed by atoms with E-state index >= 15 is 0 Å². The molecule has 0 saturated heterocycles. The van der Waals surface area contributed by atoms with Crippen molar-refractivity contribution >= 4 is 22.9 Å². The number of nitrogens with one attached hydrogen (secondary N) is 1. The monoisotopic (exact) mass is 278 g/mol. The SMILES string of the molecule is CC(Cn1ccnc1)Nc1ccc(F)cc1C(N)=S. The standard InChI is InChI=1S/C13H15FN4S/c1-9(7-18-5-4-16-8-18)17-12-3-2-10(14)6-11(12)13(15)19/h2-6,8-9,17H,7H2,1H3,(H2,15,19). The summed E-state index contributed by atoms with van der Waals surface area (Å²) in [4.78, 5) is 4.16. The van der Waals surface area contributed by atoms with Crippen molar-refractivity contribution in [1.82, 2.24) is 9.55 Å². The van der Waals surface area contributed by atoms with Crippen LogP contribution >= 0.6 is 12.2 Å². The minimum atomic E-state index is -0.351. The van der Waals surface area contributed by atoms with Crippen molar-refractivity contribution in [3.05, 3.63) is 48.3 Å². The van der Waals surface area contributed by atoms with E-state index in [0.717, 1.165) is 12.2 Å². The van der Waals surface area contributed by atoms with Crippen LogP contribution in [0.3, 0.4) is 0 Å². The molecule has 0 fully saturated rings. The normalized spacial score (nSPS) is 12.1. The maximum absolute atomic E-state index is 13.2. The molecular formula is C13H15FN4S. The van der Waals surface area contributed by atoms with Gasteiger partial charge >= 0.3 is 0 Å². The second-order valence-corrected chi connectivity index (χ2v) is 4.80. The summed E-state index contributed by atoms with van der Waals surface area (Å²) in [5, 5.41) is 3.27. The summed E-state index contributed by atoms with van der Waals surface area (Å²) in [6.45, 7) is 2.76. The van der Waals surface area contributed by atoms with Crippen LogP contribution in [0, 0.1) is 5.82 Å². The van der Waals surface area contributed by atoms with E-state index in [0.29, 0.717) is 5.56 Å². The molecule has 1 unspecified atom stereocenters. The van der Waals surface area contributed by atoms with Crippen molar-refractivity contribution in [3.63, 3.8) is 0 Å². The lowest BCUT2D eigenvalue weighted by Gasteiger charge is -2.18. The van der Waals surface area contributed by atoms with E-state index < -0.39 is 0 Å². The molecule has 19 heavy (non-hydrogen) atoms. The quantitative estimate of drug-likeness (QED) is 0.823. The highest BCUT2D eigenvalue weighted by Gasteiger charge is 2.10. The Morgan fingerprint density at radius 1 is 1.58 bits per heavy atom. The summed E-state index contributed by atoms with van der Waals surface area (Å²) in [5.41, 5.74) is 6.86. The Morgan fingerprint density at radius 2 is 2.37 bits per heavy atom. The van der Waals surface area contributed by atoms with Gasteiger partial charge in [0.25, 0.3) is 0 Å². The molecule has 6 heteroatoms. The molecule has 0 aliphatic rings. The number of halogens is 1. The molecule has 0 bridgehead atoms.